The monoisotopic (exact) mass is 157 g/mol. The van der Waals surface area contributed by atoms with Gasteiger partial charge in [-0.3, -0.25) is 0 Å². The van der Waals surface area contributed by atoms with E-state index in [9.17, 15) is 0 Å². The first-order chi connectivity index (χ1) is 5.27. The molecule has 0 spiro atoms. The SMILES string of the molecule is CCCCC1(N)CCOCC1. The minimum Gasteiger partial charge on any atom is -0.381 e. The van der Waals surface area contributed by atoms with Crippen molar-refractivity contribution in [1.82, 2.24) is 0 Å². The summed E-state index contributed by atoms with van der Waals surface area (Å²) in [6.45, 7) is 3.93. The van der Waals surface area contributed by atoms with Crippen molar-refractivity contribution in [2.45, 2.75) is 44.6 Å². The van der Waals surface area contributed by atoms with Crippen LogP contribution in [0, 0.1) is 0 Å². The van der Waals surface area contributed by atoms with Crippen molar-refractivity contribution in [3.63, 3.8) is 0 Å². The van der Waals surface area contributed by atoms with E-state index in [1.165, 1.54) is 19.3 Å². The molecule has 1 saturated heterocycles. The smallest absolute Gasteiger partial charge is 0.0483 e. The van der Waals surface area contributed by atoms with Crippen molar-refractivity contribution in [1.29, 1.82) is 0 Å². The van der Waals surface area contributed by atoms with Gasteiger partial charge in [0.15, 0.2) is 0 Å². The first-order valence-corrected chi connectivity index (χ1v) is 4.63. The molecule has 11 heavy (non-hydrogen) atoms. The lowest BCUT2D eigenvalue weighted by molar-refractivity contribution is 0.0495. The van der Waals surface area contributed by atoms with E-state index < -0.39 is 0 Å². The van der Waals surface area contributed by atoms with Gasteiger partial charge in [-0.1, -0.05) is 19.8 Å². The molecule has 66 valence electrons. The van der Waals surface area contributed by atoms with Crippen molar-refractivity contribution in [3.8, 4) is 0 Å². The zero-order valence-corrected chi connectivity index (χ0v) is 7.44. The Morgan fingerprint density at radius 3 is 2.55 bits per heavy atom. The molecule has 0 aromatic rings. The molecule has 1 fully saturated rings. The number of nitrogens with two attached hydrogens (primary N) is 1. The van der Waals surface area contributed by atoms with Crippen molar-refractivity contribution in [3.05, 3.63) is 0 Å². The molecule has 2 nitrogen and oxygen atoms in total. The number of ether oxygens (including phenoxy) is 1. The van der Waals surface area contributed by atoms with Gasteiger partial charge in [0.2, 0.25) is 0 Å². The van der Waals surface area contributed by atoms with Crippen LogP contribution in [0.15, 0.2) is 0 Å². The number of rotatable bonds is 3. The average molecular weight is 157 g/mol. The molecule has 1 rings (SSSR count). The molecule has 0 atom stereocenters. The molecule has 0 aromatic carbocycles. The molecular weight excluding hydrogens is 138 g/mol. The second kappa shape index (κ2) is 4.07. The Kier molecular flexibility index (Phi) is 3.34. The Hall–Kier alpha value is -0.0800. The van der Waals surface area contributed by atoms with Crippen LogP contribution in [0.1, 0.15) is 39.0 Å². The van der Waals surface area contributed by atoms with Crippen LogP contribution in [-0.4, -0.2) is 18.8 Å². The van der Waals surface area contributed by atoms with Crippen LogP contribution in [0.4, 0.5) is 0 Å². The van der Waals surface area contributed by atoms with E-state index in [1.54, 1.807) is 0 Å². The molecule has 0 bridgehead atoms. The highest BCUT2D eigenvalue weighted by Crippen LogP contribution is 2.23. The average Bonchev–Trinajstić information content (AvgIpc) is 2.03. The third kappa shape index (κ3) is 2.80. The Morgan fingerprint density at radius 2 is 2.00 bits per heavy atom. The summed E-state index contributed by atoms with van der Waals surface area (Å²) in [5.41, 5.74) is 6.27. The van der Waals surface area contributed by atoms with Crippen molar-refractivity contribution in [2.24, 2.45) is 5.73 Å². The lowest BCUT2D eigenvalue weighted by Gasteiger charge is -2.33. The van der Waals surface area contributed by atoms with E-state index in [-0.39, 0.29) is 5.54 Å². The van der Waals surface area contributed by atoms with Crippen LogP contribution in [0.5, 0.6) is 0 Å². The topological polar surface area (TPSA) is 35.2 Å². The third-order valence-electron chi connectivity index (χ3n) is 2.52. The molecule has 0 aliphatic carbocycles. The van der Waals surface area contributed by atoms with E-state index in [0.29, 0.717) is 0 Å². The highest BCUT2D eigenvalue weighted by molar-refractivity contribution is 4.85. The molecule has 0 unspecified atom stereocenters. The van der Waals surface area contributed by atoms with Gasteiger partial charge in [-0.25, -0.2) is 0 Å². The summed E-state index contributed by atoms with van der Waals surface area (Å²) in [4.78, 5) is 0. The van der Waals surface area contributed by atoms with Gasteiger partial charge < -0.3 is 10.5 Å². The van der Waals surface area contributed by atoms with Crippen LogP contribution < -0.4 is 5.73 Å². The quantitative estimate of drug-likeness (QED) is 0.676. The summed E-state index contributed by atoms with van der Waals surface area (Å²) >= 11 is 0. The summed E-state index contributed by atoms with van der Waals surface area (Å²) in [5, 5.41) is 0. The van der Waals surface area contributed by atoms with Gasteiger partial charge >= 0.3 is 0 Å². The second-order valence-electron chi connectivity index (χ2n) is 3.58. The summed E-state index contributed by atoms with van der Waals surface area (Å²) < 4.78 is 5.26. The largest absolute Gasteiger partial charge is 0.381 e. The van der Waals surface area contributed by atoms with E-state index in [2.05, 4.69) is 6.92 Å². The van der Waals surface area contributed by atoms with Crippen LogP contribution in [0.25, 0.3) is 0 Å². The zero-order valence-electron chi connectivity index (χ0n) is 7.44. The van der Waals surface area contributed by atoms with Crippen LogP contribution in [-0.2, 0) is 4.74 Å². The highest BCUT2D eigenvalue weighted by atomic mass is 16.5. The molecular formula is C9H19NO. The van der Waals surface area contributed by atoms with Crippen LogP contribution >= 0.6 is 0 Å². The number of unbranched alkanes of at least 4 members (excludes halogenated alkanes) is 1. The van der Waals surface area contributed by atoms with Gasteiger partial charge in [0.25, 0.3) is 0 Å². The van der Waals surface area contributed by atoms with Gasteiger partial charge in [0, 0.05) is 18.8 Å². The Balaban J connectivity index is 2.25. The Morgan fingerprint density at radius 1 is 1.36 bits per heavy atom. The molecule has 0 radical (unpaired) electrons. The van der Waals surface area contributed by atoms with Crippen molar-refractivity contribution < 1.29 is 4.74 Å². The Labute approximate surface area is 69.1 Å². The first-order valence-electron chi connectivity index (χ1n) is 4.63. The fraction of sp³-hybridized carbons (Fsp3) is 1.00. The maximum Gasteiger partial charge on any atom is 0.0483 e. The summed E-state index contributed by atoms with van der Waals surface area (Å²) in [6, 6.07) is 0. The standard InChI is InChI=1S/C9H19NO/c1-2-3-4-9(10)5-7-11-8-6-9/h2-8,10H2,1H3. The minimum absolute atomic E-state index is 0.105. The fourth-order valence-electron chi connectivity index (χ4n) is 1.56. The molecule has 2 N–H and O–H groups in total. The zero-order chi connectivity index (χ0) is 8.16. The molecule has 1 aliphatic heterocycles. The van der Waals surface area contributed by atoms with Gasteiger partial charge in [-0.2, -0.15) is 0 Å². The maximum absolute atomic E-state index is 6.17. The lowest BCUT2D eigenvalue weighted by Crippen LogP contribution is -2.44. The minimum atomic E-state index is 0.105. The predicted octanol–water partition coefficient (Wildman–Crippen LogP) is 1.68. The lowest BCUT2D eigenvalue weighted by atomic mass is 9.86. The summed E-state index contributed by atoms with van der Waals surface area (Å²) in [7, 11) is 0. The molecule has 0 aromatic heterocycles. The van der Waals surface area contributed by atoms with Crippen molar-refractivity contribution >= 4 is 0 Å². The van der Waals surface area contributed by atoms with E-state index in [4.69, 9.17) is 10.5 Å². The van der Waals surface area contributed by atoms with Gasteiger partial charge in [-0.05, 0) is 19.3 Å². The Bertz CT molecular complexity index is 108. The van der Waals surface area contributed by atoms with E-state index in [1.807, 2.05) is 0 Å². The second-order valence-corrected chi connectivity index (χ2v) is 3.58. The van der Waals surface area contributed by atoms with Crippen LogP contribution in [0.2, 0.25) is 0 Å². The molecule has 0 amide bonds. The van der Waals surface area contributed by atoms with E-state index >= 15 is 0 Å². The molecule has 1 aliphatic rings. The van der Waals surface area contributed by atoms with Gasteiger partial charge in [0.05, 0.1) is 0 Å². The number of hydrogen-bond acceptors (Lipinski definition) is 2. The fourth-order valence-corrected chi connectivity index (χ4v) is 1.56. The summed E-state index contributed by atoms with van der Waals surface area (Å²) in [6.07, 6.45) is 5.78. The van der Waals surface area contributed by atoms with Crippen molar-refractivity contribution in [2.75, 3.05) is 13.2 Å². The van der Waals surface area contributed by atoms with Crippen LogP contribution in [0.3, 0.4) is 0 Å². The predicted molar refractivity (Wildman–Crippen MR) is 46.5 cm³/mol. The molecule has 1 heterocycles. The van der Waals surface area contributed by atoms with Gasteiger partial charge in [-0.15, -0.1) is 0 Å². The molecule has 0 saturated carbocycles. The van der Waals surface area contributed by atoms with E-state index in [0.717, 1.165) is 26.1 Å². The normalized spacial score (nSPS) is 23.5. The third-order valence-corrected chi connectivity index (χ3v) is 2.52. The highest BCUT2D eigenvalue weighted by Gasteiger charge is 2.26. The van der Waals surface area contributed by atoms with Gasteiger partial charge in [0.1, 0.15) is 0 Å². The first kappa shape index (κ1) is 9.01. The number of hydrogen-bond donors (Lipinski definition) is 1. The summed E-state index contributed by atoms with van der Waals surface area (Å²) in [5.74, 6) is 0. The maximum atomic E-state index is 6.17. The molecule has 2 heteroatoms.